The van der Waals surface area contributed by atoms with E-state index < -0.39 is 0 Å². The number of hydrogen-bond acceptors (Lipinski definition) is 4. The molecule has 0 bridgehead atoms. The van der Waals surface area contributed by atoms with Gasteiger partial charge in [0, 0.05) is 36.7 Å². The van der Waals surface area contributed by atoms with Crippen molar-refractivity contribution in [2.75, 3.05) is 12.3 Å². The average Bonchev–Trinajstić information content (AvgIpc) is 2.74. The Kier molecular flexibility index (Phi) is 2.97. The first-order valence-electron chi connectivity index (χ1n) is 5.10. The van der Waals surface area contributed by atoms with E-state index in [0.29, 0.717) is 18.7 Å². The van der Waals surface area contributed by atoms with Crippen molar-refractivity contribution < 1.29 is 9.53 Å². The summed E-state index contributed by atoms with van der Waals surface area (Å²) in [4.78, 5) is 15.7. The standard InChI is InChI=1S/C11H14N2O2/c12-9-3-4-13-7-8(9)6-10(14)11-2-1-5-15-11/h3-4,7,11H,1-2,5-6H2,(H2,12,13). The summed E-state index contributed by atoms with van der Waals surface area (Å²) in [6.45, 7) is 0.693. The zero-order chi connectivity index (χ0) is 10.7. The van der Waals surface area contributed by atoms with Crippen LogP contribution in [0.4, 0.5) is 5.69 Å². The second-order valence-electron chi connectivity index (χ2n) is 3.72. The number of Topliss-reactive ketones (excluding diaryl/α,β-unsaturated/α-hetero) is 1. The smallest absolute Gasteiger partial charge is 0.166 e. The predicted octanol–water partition coefficient (Wildman–Crippen LogP) is 0.954. The minimum atomic E-state index is -0.232. The van der Waals surface area contributed by atoms with Crippen LogP contribution in [0.15, 0.2) is 18.5 Å². The van der Waals surface area contributed by atoms with Crippen molar-refractivity contribution in [2.45, 2.75) is 25.4 Å². The largest absolute Gasteiger partial charge is 0.398 e. The van der Waals surface area contributed by atoms with Gasteiger partial charge in [0.1, 0.15) is 6.10 Å². The van der Waals surface area contributed by atoms with E-state index in [-0.39, 0.29) is 11.9 Å². The molecule has 1 fully saturated rings. The van der Waals surface area contributed by atoms with Gasteiger partial charge in [0.05, 0.1) is 0 Å². The number of rotatable bonds is 3. The van der Waals surface area contributed by atoms with Gasteiger partial charge in [-0.1, -0.05) is 0 Å². The van der Waals surface area contributed by atoms with Crippen LogP contribution in [0, 0.1) is 0 Å². The van der Waals surface area contributed by atoms with Gasteiger partial charge in [-0.15, -0.1) is 0 Å². The van der Waals surface area contributed by atoms with Crippen LogP contribution in [0.1, 0.15) is 18.4 Å². The normalized spacial score (nSPS) is 20.4. The molecular weight excluding hydrogens is 192 g/mol. The highest BCUT2D eigenvalue weighted by Crippen LogP contribution is 2.17. The third-order valence-electron chi connectivity index (χ3n) is 2.59. The highest BCUT2D eigenvalue weighted by molar-refractivity contribution is 5.86. The maximum Gasteiger partial charge on any atom is 0.166 e. The molecule has 2 N–H and O–H groups in total. The van der Waals surface area contributed by atoms with Gasteiger partial charge in [-0.2, -0.15) is 0 Å². The van der Waals surface area contributed by atoms with Crippen molar-refractivity contribution in [3.05, 3.63) is 24.0 Å². The summed E-state index contributed by atoms with van der Waals surface area (Å²) in [7, 11) is 0. The van der Waals surface area contributed by atoms with Crippen LogP contribution in [0.2, 0.25) is 0 Å². The van der Waals surface area contributed by atoms with Gasteiger partial charge in [0.25, 0.3) is 0 Å². The molecule has 80 valence electrons. The van der Waals surface area contributed by atoms with Crippen LogP contribution >= 0.6 is 0 Å². The van der Waals surface area contributed by atoms with Gasteiger partial charge < -0.3 is 10.5 Å². The van der Waals surface area contributed by atoms with Gasteiger partial charge in [-0.05, 0) is 18.9 Å². The van der Waals surface area contributed by atoms with Gasteiger partial charge in [-0.3, -0.25) is 9.78 Å². The van der Waals surface area contributed by atoms with E-state index in [9.17, 15) is 4.79 Å². The number of ether oxygens (including phenoxy) is 1. The highest BCUT2D eigenvalue weighted by Gasteiger charge is 2.23. The number of carbonyl (C=O) groups is 1. The van der Waals surface area contributed by atoms with Gasteiger partial charge in [0.2, 0.25) is 0 Å². The van der Waals surface area contributed by atoms with Gasteiger partial charge >= 0.3 is 0 Å². The van der Waals surface area contributed by atoms with Crippen LogP contribution in [0.5, 0.6) is 0 Å². The Labute approximate surface area is 88.4 Å². The van der Waals surface area contributed by atoms with Gasteiger partial charge in [-0.25, -0.2) is 0 Å². The summed E-state index contributed by atoms with van der Waals surface area (Å²) in [6, 6.07) is 1.71. The van der Waals surface area contributed by atoms with Crippen LogP contribution in [0.3, 0.4) is 0 Å². The number of nitrogens with two attached hydrogens (primary N) is 1. The minimum Gasteiger partial charge on any atom is -0.398 e. The molecule has 0 aliphatic carbocycles. The second-order valence-corrected chi connectivity index (χ2v) is 3.72. The third kappa shape index (κ3) is 2.33. The van der Waals surface area contributed by atoms with Crippen molar-refractivity contribution in [3.8, 4) is 0 Å². The molecule has 4 nitrogen and oxygen atoms in total. The summed E-state index contributed by atoms with van der Waals surface area (Å²) in [6.07, 6.45) is 5.16. The highest BCUT2D eigenvalue weighted by atomic mass is 16.5. The van der Waals surface area contributed by atoms with E-state index in [4.69, 9.17) is 10.5 Å². The lowest BCUT2D eigenvalue weighted by molar-refractivity contribution is -0.127. The maximum absolute atomic E-state index is 11.8. The number of ketones is 1. The molecule has 2 rings (SSSR count). The number of carbonyl (C=O) groups excluding carboxylic acids is 1. The third-order valence-corrected chi connectivity index (χ3v) is 2.59. The zero-order valence-electron chi connectivity index (χ0n) is 8.48. The molecule has 0 radical (unpaired) electrons. The Morgan fingerprint density at radius 3 is 3.20 bits per heavy atom. The lowest BCUT2D eigenvalue weighted by Gasteiger charge is -2.08. The first-order valence-corrected chi connectivity index (χ1v) is 5.10. The van der Waals surface area contributed by atoms with Gasteiger partial charge in [0.15, 0.2) is 5.78 Å². The molecule has 1 aromatic rings. The molecule has 1 aliphatic rings. The molecule has 4 heteroatoms. The lowest BCUT2D eigenvalue weighted by Crippen LogP contribution is -2.21. The van der Waals surface area contributed by atoms with Crippen molar-refractivity contribution in [3.63, 3.8) is 0 Å². The first-order chi connectivity index (χ1) is 7.27. The molecule has 1 saturated heterocycles. The summed E-state index contributed by atoms with van der Waals surface area (Å²) in [5, 5.41) is 0. The molecule has 1 aromatic heterocycles. The van der Waals surface area contributed by atoms with E-state index in [1.807, 2.05) is 0 Å². The predicted molar refractivity (Wildman–Crippen MR) is 56.3 cm³/mol. The molecule has 0 amide bonds. The number of aromatic nitrogens is 1. The molecule has 1 atom stereocenters. The Hall–Kier alpha value is -1.42. The van der Waals surface area contributed by atoms with Crippen LogP contribution in [0.25, 0.3) is 0 Å². The zero-order valence-corrected chi connectivity index (χ0v) is 8.48. The number of pyridine rings is 1. The molecule has 1 aliphatic heterocycles. The van der Waals surface area contributed by atoms with Crippen LogP contribution in [-0.4, -0.2) is 23.5 Å². The number of nitrogen functional groups attached to an aromatic ring is 1. The van der Waals surface area contributed by atoms with E-state index in [0.717, 1.165) is 18.4 Å². The topological polar surface area (TPSA) is 65.2 Å². The molecule has 0 aromatic carbocycles. The van der Waals surface area contributed by atoms with Crippen molar-refractivity contribution in [1.29, 1.82) is 0 Å². The monoisotopic (exact) mass is 206 g/mol. The summed E-state index contributed by atoms with van der Waals surface area (Å²) < 4.78 is 5.32. The number of hydrogen-bond donors (Lipinski definition) is 1. The van der Waals surface area contributed by atoms with E-state index >= 15 is 0 Å². The maximum atomic E-state index is 11.8. The first kappa shape index (κ1) is 10.1. The fraction of sp³-hybridized carbons (Fsp3) is 0.455. The van der Waals surface area contributed by atoms with Crippen LogP contribution < -0.4 is 5.73 Å². The summed E-state index contributed by atoms with van der Waals surface area (Å²) in [5.41, 5.74) is 7.15. The van der Waals surface area contributed by atoms with E-state index in [1.54, 1.807) is 18.5 Å². The number of nitrogens with zero attached hydrogens (tertiary/aromatic N) is 1. The Balaban J connectivity index is 2.02. The van der Waals surface area contributed by atoms with Crippen molar-refractivity contribution >= 4 is 11.5 Å². The van der Waals surface area contributed by atoms with Crippen molar-refractivity contribution in [2.24, 2.45) is 0 Å². The fourth-order valence-electron chi connectivity index (χ4n) is 1.72. The summed E-state index contributed by atoms with van der Waals surface area (Å²) >= 11 is 0. The average molecular weight is 206 g/mol. The van der Waals surface area contributed by atoms with E-state index in [1.165, 1.54) is 0 Å². The summed E-state index contributed by atoms with van der Waals surface area (Å²) in [5.74, 6) is 0.104. The Morgan fingerprint density at radius 1 is 1.67 bits per heavy atom. The Bertz CT molecular complexity index is 359. The molecule has 2 heterocycles. The van der Waals surface area contributed by atoms with E-state index in [2.05, 4.69) is 4.98 Å². The molecular formula is C11H14N2O2. The quantitative estimate of drug-likeness (QED) is 0.799. The lowest BCUT2D eigenvalue weighted by atomic mass is 10.0. The minimum absolute atomic E-state index is 0.104. The second kappa shape index (κ2) is 4.40. The molecule has 1 unspecified atom stereocenters. The SMILES string of the molecule is Nc1ccncc1CC(=O)C1CCCO1. The van der Waals surface area contributed by atoms with Crippen molar-refractivity contribution in [1.82, 2.24) is 4.98 Å². The number of anilines is 1. The fourth-order valence-corrected chi connectivity index (χ4v) is 1.72. The molecule has 0 saturated carbocycles. The molecule has 0 spiro atoms. The molecule has 15 heavy (non-hydrogen) atoms. The van der Waals surface area contributed by atoms with Crippen LogP contribution in [-0.2, 0) is 16.0 Å². The Morgan fingerprint density at radius 2 is 2.53 bits per heavy atom.